The number of carbonyl (C=O) groups excluding carboxylic acids is 3. The minimum Gasteiger partial charge on any atom is -0.337 e. The van der Waals surface area contributed by atoms with Crippen LogP contribution in [0, 0.1) is 5.92 Å². The zero-order valence-electron chi connectivity index (χ0n) is 9.34. The van der Waals surface area contributed by atoms with Crippen LogP contribution in [0.15, 0.2) is 18.5 Å². The number of aromatic nitrogens is 2. The number of rotatable bonds is 2. The molecular weight excluding hydrogens is 236 g/mol. The zero-order chi connectivity index (χ0) is 12.8. The molecule has 3 aliphatic rings. The Morgan fingerprint density at radius 1 is 1.39 bits per heavy atom. The summed E-state index contributed by atoms with van der Waals surface area (Å²) in [4.78, 5) is 35.0. The quantitative estimate of drug-likeness (QED) is 0.652. The van der Waals surface area contributed by atoms with E-state index >= 15 is 0 Å². The number of fused-ring (bicyclic) bond motifs is 2. The normalized spacial score (nSPS) is 29.2. The van der Waals surface area contributed by atoms with Crippen molar-refractivity contribution in [1.82, 2.24) is 20.8 Å². The van der Waals surface area contributed by atoms with Crippen LogP contribution in [0.5, 0.6) is 0 Å². The van der Waals surface area contributed by atoms with Crippen molar-refractivity contribution < 1.29 is 14.4 Å². The maximum atomic E-state index is 11.9. The maximum absolute atomic E-state index is 11.9. The van der Waals surface area contributed by atoms with Crippen LogP contribution in [0.1, 0.15) is 23.2 Å². The third-order valence-electron chi connectivity index (χ3n) is 3.43. The van der Waals surface area contributed by atoms with Crippen molar-refractivity contribution in [2.24, 2.45) is 5.92 Å². The topological polar surface area (TPSA) is 101 Å². The number of amides is 3. The highest BCUT2D eigenvalue weighted by molar-refractivity contribution is 6.09. The fraction of sp³-hybridized carbons (Fsp3) is 0.364. The molecule has 7 nitrogen and oxygen atoms in total. The van der Waals surface area contributed by atoms with Crippen molar-refractivity contribution >= 4 is 17.7 Å². The van der Waals surface area contributed by atoms with E-state index in [4.69, 9.17) is 0 Å². The highest BCUT2D eigenvalue weighted by atomic mass is 16.2. The van der Waals surface area contributed by atoms with Crippen molar-refractivity contribution in [1.29, 1.82) is 0 Å². The average Bonchev–Trinajstić information content (AvgIpc) is 2.32. The van der Waals surface area contributed by atoms with Gasteiger partial charge in [0.2, 0.25) is 5.91 Å². The first kappa shape index (κ1) is 10.8. The van der Waals surface area contributed by atoms with E-state index in [-0.39, 0.29) is 17.7 Å². The molecule has 18 heavy (non-hydrogen) atoms. The third-order valence-corrected chi connectivity index (χ3v) is 3.43. The van der Waals surface area contributed by atoms with Crippen LogP contribution >= 0.6 is 0 Å². The summed E-state index contributed by atoms with van der Waals surface area (Å²) in [5.74, 6) is -1.22. The fourth-order valence-electron chi connectivity index (χ4n) is 2.36. The van der Waals surface area contributed by atoms with Gasteiger partial charge in [0.15, 0.2) is 0 Å². The van der Waals surface area contributed by atoms with Crippen LogP contribution in [0.4, 0.5) is 0 Å². The lowest BCUT2D eigenvalue weighted by Gasteiger charge is -2.49. The molecule has 1 aliphatic carbocycles. The van der Waals surface area contributed by atoms with Gasteiger partial charge in [0.1, 0.15) is 5.54 Å². The first-order chi connectivity index (χ1) is 8.61. The Hall–Kier alpha value is -2.31. The second kappa shape index (κ2) is 3.59. The maximum Gasteiger partial charge on any atom is 0.253 e. The summed E-state index contributed by atoms with van der Waals surface area (Å²) in [5.41, 5.74) is -0.591. The van der Waals surface area contributed by atoms with Crippen LogP contribution in [-0.4, -0.2) is 33.5 Å². The molecule has 4 rings (SSSR count). The molecule has 0 spiro atoms. The van der Waals surface area contributed by atoms with Gasteiger partial charge in [0, 0.05) is 5.92 Å². The van der Waals surface area contributed by atoms with Gasteiger partial charge in [-0.3, -0.25) is 19.7 Å². The molecule has 2 aliphatic heterocycles. The van der Waals surface area contributed by atoms with Crippen molar-refractivity contribution in [3.63, 3.8) is 0 Å². The summed E-state index contributed by atoms with van der Waals surface area (Å²) in [6, 6.07) is 1.51. The van der Waals surface area contributed by atoms with E-state index in [1.807, 2.05) is 0 Å². The number of hydrogen-bond donors (Lipinski definition) is 2. The van der Waals surface area contributed by atoms with E-state index in [0.717, 1.165) is 0 Å². The Bertz CT molecular complexity index is 536. The highest BCUT2D eigenvalue weighted by Crippen LogP contribution is 2.41. The standard InChI is InChI=1S/C11H10N4O3/c16-8-7-3-11(4-7,10(18)14-8)15-9(17)6-1-2-12-13-5-6/h1-2,5,7H,3-4H2,(H,15,17)(H,14,16,18). The lowest BCUT2D eigenvalue weighted by atomic mass is 9.64. The van der Waals surface area contributed by atoms with Gasteiger partial charge in [-0.25, -0.2) is 0 Å². The lowest BCUT2D eigenvalue weighted by Crippen LogP contribution is -2.73. The molecule has 0 unspecified atom stereocenters. The number of nitrogens with one attached hydrogen (secondary N) is 2. The Labute approximate surface area is 102 Å². The summed E-state index contributed by atoms with van der Waals surface area (Å²) in [6.45, 7) is 0. The molecule has 1 aromatic rings. The molecule has 92 valence electrons. The second-order valence-corrected chi connectivity index (χ2v) is 4.59. The summed E-state index contributed by atoms with van der Waals surface area (Å²) in [6.07, 6.45) is 3.48. The van der Waals surface area contributed by atoms with E-state index in [0.29, 0.717) is 18.4 Å². The smallest absolute Gasteiger partial charge is 0.253 e. The minimum absolute atomic E-state index is 0.168. The Kier molecular flexibility index (Phi) is 2.16. The first-order valence-electron chi connectivity index (χ1n) is 5.55. The predicted molar refractivity (Wildman–Crippen MR) is 58.1 cm³/mol. The van der Waals surface area contributed by atoms with E-state index < -0.39 is 11.4 Å². The SMILES string of the molecule is O=C(NC12CC(C1)C(=O)NC2=O)c1ccnnc1. The van der Waals surface area contributed by atoms with E-state index in [1.165, 1.54) is 18.5 Å². The summed E-state index contributed by atoms with van der Waals surface area (Å²) in [5, 5.41) is 12.1. The molecule has 1 aromatic heterocycles. The molecule has 3 heterocycles. The zero-order valence-corrected chi connectivity index (χ0v) is 9.34. The highest BCUT2D eigenvalue weighted by Gasteiger charge is 2.58. The third kappa shape index (κ3) is 1.47. The van der Waals surface area contributed by atoms with Gasteiger partial charge in [-0.05, 0) is 18.9 Å². The second-order valence-electron chi connectivity index (χ2n) is 4.59. The van der Waals surface area contributed by atoms with E-state index in [9.17, 15) is 14.4 Å². The van der Waals surface area contributed by atoms with Crippen LogP contribution < -0.4 is 10.6 Å². The summed E-state index contributed by atoms with van der Waals surface area (Å²) in [7, 11) is 0. The number of carbonyl (C=O) groups is 3. The molecule has 3 fully saturated rings. The largest absolute Gasteiger partial charge is 0.337 e. The Morgan fingerprint density at radius 3 is 2.78 bits per heavy atom. The molecule has 2 N–H and O–H groups in total. The molecule has 2 saturated heterocycles. The van der Waals surface area contributed by atoms with Crippen molar-refractivity contribution in [3.05, 3.63) is 24.0 Å². The molecule has 7 heteroatoms. The van der Waals surface area contributed by atoms with Gasteiger partial charge < -0.3 is 5.32 Å². The molecule has 0 radical (unpaired) electrons. The van der Waals surface area contributed by atoms with Crippen molar-refractivity contribution in [3.8, 4) is 0 Å². The first-order valence-corrected chi connectivity index (χ1v) is 5.55. The van der Waals surface area contributed by atoms with Crippen LogP contribution in [0.2, 0.25) is 0 Å². The van der Waals surface area contributed by atoms with Gasteiger partial charge in [0.25, 0.3) is 11.8 Å². The average molecular weight is 246 g/mol. The van der Waals surface area contributed by atoms with Crippen LogP contribution in [0.25, 0.3) is 0 Å². The number of nitrogens with zero attached hydrogens (tertiary/aromatic N) is 2. The van der Waals surface area contributed by atoms with E-state index in [1.54, 1.807) is 0 Å². The van der Waals surface area contributed by atoms with Gasteiger partial charge in [-0.2, -0.15) is 10.2 Å². The molecule has 2 bridgehead atoms. The minimum atomic E-state index is -0.932. The fourth-order valence-corrected chi connectivity index (χ4v) is 2.36. The van der Waals surface area contributed by atoms with Crippen LogP contribution in [-0.2, 0) is 9.59 Å². The molecule has 3 amide bonds. The predicted octanol–water partition coefficient (Wildman–Crippen LogP) is -0.988. The number of imide groups is 1. The van der Waals surface area contributed by atoms with Crippen molar-refractivity contribution in [2.75, 3.05) is 0 Å². The monoisotopic (exact) mass is 246 g/mol. The molecule has 1 saturated carbocycles. The summed E-state index contributed by atoms with van der Waals surface area (Å²) < 4.78 is 0. The molecule has 0 atom stereocenters. The lowest BCUT2D eigenvalue weighted by molar-refractivity contribution is -0.152. The van der Waals surface area contributed by atoms with Gasteiger partial charge in [-0.15, -0.1) is 0 Å². The molecule has 0 aromatic carbocycles. The number of piperidine rings is 2. The number of hydrogen-bond acceptors (Lipinski definition) is 5. The Balaban J connectivity index is 1.77. The van der Waals surface area contributed by atoms with Crippen molar-refractivity contribution in [2.45, 2.75) is 18.4 Å². The summed E-state index contributed by atoms with van der Waals surface area (Å²) >= 11 is 0. The Morgan fingerprint density at radius 2 is 2.17 bits per heavy atom. The van der Waals surface area contributed by atoms with Gasteiger partial charge in [-0.1, -0.05) is 0 Å². The molecular formula is C11H10N4O3. The van der Waals surface area contributed by atoms with Gasteiger partial charge >= 0.3 is 0 Å². The van der Waals surface area contributed by atoms with E-state index in [2.05, 4.69) is 20.8 Å². The van der Waals surface area contributed by atoms with Gasteiger partial charge in [0.05, 0.1) is 18.0 Å². The van der Waals surface area contributed by atoms with Crippen LogP contribution in [0.3, 0.4) is 0 Å².